The van der Waals surface area contributed by atoms with E-state index in [-0.39, 0.29) is 25.7 Å². The number of phosphoric acid groups is 2. The Hall–Kier alpha value is -1.94. The van der Waals surface area contributed by atoms with Crippen LogP contribution in [0.1, 0.15) is 382 Å². The summed E-state index contributed by atoms with van der Waals surface area (Å²) in [4.78, 5) is 72.7. The van der Waals surface area contributed by atoms with E-state index in [0.29, 0.717) is 31.6 Å². The van der Waals surface area contributed by atoms with E-state index >= 15 is 0 Å². The van der Waals surface area contributed by atoms with Gasteiger partial charge in [-0.1, -0.05) is 331 Å². The second-order valence-electron chi connectivity index (χ2n) is 28.2. The minimum absolute atomic E-state index is 0.104. The number of carbonyl (C=O) groups is 4. The number of esters is 4. The molecule has 0 rings (SSSR count). The van der Waals surface area contributed by atoms with Crippen LogP contribution in [0.15, 0.2) is 0 Å². The van der Waals surface area contributed by atoms with Gasteiger partial charge in [-0.25, -0.2) is 9.13 Å². The number of hydrogen-bond acceptors (Lipinski definition) is 15. The Balaban J connectivity index is 5.23. The molecule has 6 atom stereocenters. The second-order valence-corrected chi connectivity index (χ2v) is 31.1. The van der Waals surface area contributed by atoms with Crippen molar-refractivity contribution in [3.8, 4) is 0 Å². The summed E-state index contributed by atoms with van der Waals surface area (Å²) >= 11 is 0. The molecule has 0 saturated heterocycles. The van der Waals surface area contributed by atoms with E-state index in [1.165, 1.54) is 186 Å². The molecule has 0 saturated carbocycles. The molecule has 0 spiro atoms. The van der Waals surface area contributed by atoms with Crippen LogP contribution in [0.5, 0.6) is 0 Å². The maximum Gasteiger partial charge on any atom is 0.472 e. The third-order valence-corrected chi connectivity index (χ3v) is 19.6. The summed E-state index contributed by atoms with van der Waals surface area (Å²) < 4.78 is 68.4. The van der Waals surface area contributed by atoms with Gasteiger partial charge in [0.2, 0.25) is 0 Å². The molecule has 94 heavy (non-hydrogen) atoms. The first-order chi connectivity index (χ1) is 45.3. The summed E-state index contributed by atoms with van der Waals surface area (Å²) in [5.41, 5.74) is 0. The Morgan fingerprint density at radius 1 is 0.309 bits per heavy atom. The van der Waals surface area contributed by atoms with Gasteiger partial charge in [-0.2, -0.15) is 0 Å². The van der Waals surface area contributed by atoms with Crippen LogP contribution in [0.2, 0.25) is 0 Å². The van der Waals surface area contributed by atoms with Crippen molar-refractivity contribution < 1.29 is 80.2 Å². The Bertz CT molecular complexity index is 1840. The van der Waals surface area contributed by atoms with E-state index in [2.05, 4.69) is 48.5 Å². The third-order valence-electron chi connectivity index (χ3n) is 17.7. The molecule has 0 bridgehead atoms. The van der Waals surface area contributed by atoms with Crippen molar-refractivity contribution in [1.82, 2.24) is 0 Å². The van der Waals surface area contributed by atoms with Gasteiger partial charge in [-0.15, -0.1) is 0 Å². The number of aliphatic hydroxyl groups is 1. The zero-order valence-corrected chi connectivity index (χ0v) is 63.2. The predicted octanol–water partition coefficient (Wildman–Crippen LogP) is 21.8. The van der Waals surface area contributed by atoms with Crippen molar-refractivity contribution in [1.29, 1.82) is 0 Å². The van der Waals surface area contributed by atoms with Crippen molar-refractivity contribution in [2.45, 2.75) is 401 Å². The summed E-state index contributed by atoms with van der Waals surface area (Å²) in [7, 11) is -9.91. The van der Waals surface area contributed by atoms with Crippen LogP contribution in [0, 0.1) is 17.8 Å². The molecule has 0 aliphatic rings. The molecule has 0 amide bonds. The number of phosphoric ester groups is 2. The van der Waals surface area contributed by atoms with Crippen molar-refractivity contribution in [2.24, 2.45) is 17.8 Å². The summed E-state index contributed by atoms with van der Waals surface area (Å²) in [5, 5.41) is 10.6. The van der Waals surface area contributed by atoms with Crippen LogP contribution in [0.3, 0.4) is 0 Å². The highest BCUT2D eigenvalue weighted by atomic mass is 31.2. The Labute approximate surface area is 575 Å². The summed E-state index contributed by atoms with van der Waals surface area (Å²) in [6.45, 7) is 11.8. The Kier molecular flexibility index (Phi) is 64.3. The van der Waals surface area contributed by atoms with Crippen LogP contribution >= 0.6 is 15.6 Å². The molecule has 0 fully saturated rings. The van der Waals surface area contributed by atoms with Gasteiger partial charge in [0.15, 0.2) is 12.2 Å². The van der Waals surface area contributed by atoms with Crippen LogP contribution in [-0.4, -0.2) is 96.7 Å². The smallest absolute Gasteiger partial charge is 0.462 e. The van der Waals surface area contributed by atoms with Gasteiger partial charge < -0.3 is 33.8 Å². The fourth-order valence-corrected chi connectivity index (χ4v) is 13.0. The lowest BCUT2D eigenvalue weighted by Crippen LogP contribution is -2.30. The van der Waals surface area contributed by atoms with Crippen LogP contribution in [-0.2, 0) is 65.4 Å². The molecule has 0 radical (unpaired) electrons. The highest BCUT2D eigenvalue weighted by Gasteiger charge is 2.30. The minimum atomic E-state index is -4.96. The number of carbonyl (C=O) groups excluding carboxylic acids is 4. The molecule has 3 unspecified atom stereocenters. The fourth-order valence-electron chi connectivity index (χ4n) is 11.4. The average molecular weight is 1380 g/mol. The number of rotatable bonds is 73. The quantitative estimate of drug-likeness (QED) is 0.0222. The normalized spacial score (nSPS) is 14.4. The molecule has 3 N–H and O–H groups in total. The lowest BCUT2D eigenvalue weighted by Gasteiger charge is -2.21. The molecule has 558 valence electrons. The molecule has 0 heterocycles. The van der Waals surface area contributed by atoms with Gasteiger partial charge in [0, 0.05) is 25.7 Å². The second kappa shape index (κ2) is 65.7. The van der Waals surface area contributed by atoms with E-state index in [0.717, 1.165) is 108 Å². The van der Waals surface area contributed by atoms with Crippen molar-refractivity contribution >= 4 is 39.5 Å². The maximum absolute atomic E-state index is 13.1. The molecule has 19 heteroatoms. The first-order valence-corrected chi connectivity index (χ1v) is 41.9. The third kappa shape index (κ3) is 67.3. The number of hydrogen-bond donors (Lipinski definition) is 3. The largest absolute Gasteiger partial charge is 0.472 e. The zero-order chi connectivity index (χ0) is 69.4. The van der Waals surface area contributed by atoms with Gasteiger partial charge >= 0.3 is 39.5 Å². The molecule has 0 aliphatic carbocycles. The Morgan fingerprint density at radius 3 is 0.809 bits per heavy atom. The number of ether oxygens (including phenoxy) is 4. The molecule has 0 aliphatic heterocycles. The highest BCUT2D eigenvalue weighted by Crippen LogP contribution is 2.45. The number of aliphatic hydroxyl groups excluding tert-OH is 1. The summed E-state index contributed by atoms with van der Waals surface area (Å²) in [6.07, 6.45) is 51.4. The van der Waals surface area contributed by atoms with Gasteiger partial charge in [0.1, 0.15) is 19.3 Å². The van der Waals surface area contributed by atoms with Crippen LogP contribution in [0.25, 0.3) is 0 Å². The molecule has 0 aromatic heterocycles. The van der Waals surface area contributed by atoms with E-state index < -0.39 is 97.5 Å². The molecule has 0 aromatic rings. The van der Waals surface area contributed by atoms with Crippen molar-refractivity contribution in [2.75, 3.05) is 39.6 Å². The summed E-state index contributed by atoms with van der Waals surface area (Å²) in [5.74, 6) is 0.136. The van der Waals surface area contributed by atoms with Gasteiger partial charge in [0.05, 0.1) is 26.4 Å². The summed E-state index contributed by atoms with van der Waals surface area (Å²) in [6, 6.07) is 0. The van der Waals surface area contributed by atoms with E-state index in [4.69, 9.17) is 37.0 Å². The van der Waals surface area contributed by atoms with Crippen LogP contribution in [0.4, 0.5) is 0 Å². The zero-order valence-electron chi connectivity index (χ0n) is 61.4. The van der Waals surface area contributed by atoms with Crippen LogP contribution < -0.4 is 0 Å². The van der Waals surface area contributed by atoms with Gasteiger partial charge in [0.25, 0.3) is 0 Å². The standard InChI is InChI=1S/C75H146O17P2/c1-8-10-11-12-13-14-15-16-22-25-28-34-42-49-56-72(77)85-62-70(91-74(79)58-51-44-35-29-26-23-20-18-17-19-21-24-27-32-39-46-53-66(3)4)64-89-93(81,82)87-60-69(76)61-88-94(83,84)90-65-71(63-86-73(78)57-50-43-38-37-40-47-54-67(5)6)92-75(80)59-52-45-36-31-30-33-41-48-55-68(7)9-2/h66-71,76H,8-65H2,1-7H3,(H,81,82)(H,83,84)/t68?,69-,70-,71-/m1/s1. The van der Waals surface area contributed by atoms with Crippen molar-refractivity contribution in [3.05, 3.63) is 0 Å². The number of unbranched alkanes of at least 4 members (excludes halogenated alkanes) is 40. The monoisotopic (exact) mass is 1380 g/mol. The molecule has 0 aromatic carbocycles. The molecular formula is C75H146O17P2. The maximum atomic E-state index is 13.1. The Morgan fingerprint density at radius 2 is 0.543 bits per heavy atom. The topological polar surface area (TPSA) is 237 Å². The average Bonchev–Trinajstić information content (AvgIpc) is 1.28. The van der Waals surface area contributed by atoms with Crippen molar-refractivity contribution in [3.63, 3.8) is 0 Å². The lowest BCUT2D eigenvalue weighted by atomic mass is 9.99. The van der Waals surface area contributed by atoms with E-state index in [1.54, 1.807) is 0 Å². The van der Waals surface area contributed by atoms with E-state index in [9.17, 15) is 43.2 Å². The fraction of sp³-hybridized carbons (Fsp3) is 0.947. The molecule has 17 nitrogen and oxygen atoms in total. The highest BCUT2D eigenvalue weighted by molar-refractivity contribution is 7.47. The SMILES string of the molecule is CCCCCCCCCCCCCCCCC(=O)OC[C@H](COP(=O)(O)OC[C@@H](O)COP(=O)(O)OC[C@@H](COC(=O)CCCCCCCCC(C)C)OC(=O)CCCCCCCCCCC(C)CC)OC(=O)CCCCCCCCCCCCCCCCCCC(C)C. The lowest BCUT2D eigenvalue weighted by molar-refractivity contribution is -0.161. The first-order valence-electron chi connectivity index (χ1n) is 38.9. The van der Waals surface area contributed by atoms with Gasteiger partial charge in [-0.3, -0.25) is 37.3 Å². The molecular weight excluding hydrogens is 1230 g/mol. The minimum Gasteiger partial charge on any atom is -0.462 e. The first kappa shape index (κ1) is 92.1. The predicted molar refractivity (Wildman–Crippen MR) is 381 cm³/mol. The van der Waals surface area contributed by atoms with Gasteiger partial charge in [-0.05, 0) is 43.4 Å². The van der Waals surface area contributed by atoms with E-state index in [1.807, 2.05) is 0 Å².